The van der Waals surface area contributed by atoms with Crippen molar-refractivity contribution in [3.63, 3.8) is 0 Å². The average Bonchev–Trinajstić information content (AvgIpc) is 2.67. The fraction of sp³-hybridized carbons (Fsp3) is 0.100. The van der Waals surface area contributed by atoms with Crippen molar-refractivity contribution in [1.29, 1.82) is 0 Å². The molecule has 0 amide bonds. The van der Waals surface area contributed by atoms with Gasteiger partial charge in [0, 0.05) is 11.5 Å². The number of nitrogens with zero attached hydrogens (tertiary/aromatic N) is 2. The van der Waals surface area contributed by atoms with Gasteiger partial charge in [0.1, 0.15) is 0 Å². The van der Waals surface area contributed by atoms with E-state index in [0.717, 1.165) is 16.7 Å². The van der Waals surface area contributed by atoms with E-state index in [1.807, 2.05) is 47.3 Å². The van der Waals surface area contributed by atoms with Crippen LogP contribution in [0.25, 0.3) is 5.69 Å². The lowest BCUT2D eigenvalue weighted by Crippen LogP contribution is -1.94. The van der Waals surface area contributed by atoms with Crippen LogP contribution < -0.4 is 0 Å². The van der Waals surface area contributed by atoms with Crippen molar-refractivity contribution in [2.24, 2.45) is 0 Å². The standard InChI is InChI=1S/C10H9BrN2/c11-8-9-6-7-13(12-9)10-4-2-1-3-5-10/h1-7H,8H2. The SMILES string of the molecule is BrCc1ccn(-c2ccccc2)n1. The van der Waals surface area contributed by atoms with Gasteiger partial charge in [-0.05, 0) is 18.2 Å². The first kappa shape index (κ1) is 8.51. The molecule has 0 unspecified atom stereocenters. The van der Waals surface area contributed by atoms with Crippen LogP contribution in [0.2, 0.25) is 0 Å². The van der Waals surface area contributed by atoms with Crippen molar-refractivity contribution >= 4 is 15.9 Å². The van der Waals surface area contributed by atoms with Gasteiger partial charge in [0.05, 0.1) is 11.4 Å². The van der Waals surface area contributed by atoms with E-state index < -0.39 is 0 Å². The molecular weight excluding hydrogens is 228 g/mol. The van der Waals surface area contributed by atoms with E-state index in [-0.39, 0.29) is 0 Å². The molecule has 1 heterocycles. The normalized spacial score (nSPS) is 10.2. The number of halogens is 1. The molecule has 13 heavy (non-hydrogen) atoms. The Morgan fingerprint density at radius 1 is 1.15 bits per heavy atom. The Morgan fingerprint density at radius 3 is 2.54 bits per heavy atom. The van der Waals surface area contributed by atoms with Crippen LogP contribution in [-0.4, -0.2) is 9.78 Å². The molecule has 0 aliphatic carbocycles. The van der Waals surface area contributed by atoms with Crippen molar-refractivity contribution in [3.8, 4) is 5.69 Å². The molecule has 3 heteroatoms. The minimum Gasteiger partial charge on any atom is -0.241 e. The molecule has 0 N–H and O–H groups in total. The van der Waals surface area contributed by atoms with E-state index in [0.29, 0.717) is 0 Å². The molecule has 66 valence electrons. The summed E-state index contributed by atoms with van der Waals surface area (Å²) in [6, 6.07) is 12.1. The predicted molar refractivity (Wildman–Crippen MR) is 56.2 cm³/mol. The van der Waals surface area contributed by atoms with E-state index in [2.05, 4.69) is 21.0 Å². The van der Waals surface area contributed by atoms with Crippen LogP contribution in [0.4, 0.5) is 0 Å². The van der Waals surface area contributed by atoms with Crippen molar-refractivity contribution in [2.45, 2.75) is 5.33 Å². The quantitative estimate of drug-likeness (QED) is 0.734. The summed E-state index contributed by atoms with van der Waals surface area (Å²) in [6.07, 6.45) is 1.96. The molecule has 2 rings (SSSR count). The van der Waals surface area contributed by atoms with E-state index in [4.69, 9.17) is 0 Å². The Hall–Kier alpha value is -1.09. The summed E-state index contributed by atoms with van der Waals surface area (Å²) < 4.78 is 1.87. The Kier molecular flexibility index (Phi) is 2.45. The molecule has 0 saturated carbocycles. The molecule has 0 bridgehead atoms. The molecule has 2 aromatic rings. The summed E-state index contributed by atoms with van der Waals surface area (Å²) in [4.78, 5) is 0. The molecule has 1 aromatic heterocycles. The second-order valence-electron chi connectivity index (χ2n) is 2.72. The van der Waals surface area contributed by atoms with E-state index in [9.17, 15) is 0 Å². The van der Waals surface area contributed by atoms with Crippen LogP contribution in [0.5, 0.6) is 0 Å². The smallest absolute Gasteiger partial charge is 0.0734 e. The molecule has 0 fully saturated rings. The van der Waals surface area contributed by atoms with E-state index in [1.54, 1.807) is 0 Å². The number of rotatable bonds is 2. The summed E-state index contributed by atoms with van der Waals surface area (Å²) in [5.41, 5.74) is 2.14. The van der Waals surface area contributed by atoms with Gasteiger partial charge in [-0.3, -0.25) is 0 Å². The van der Waals surface area contributed by atoms with Gasteiger partial charge in [-0.2, -0.15) is 5.10 Å². The van der Waals surface area contributed by atoms with Crippen molar-refractivity contribution in [2.75, 3.05) is 0 Å². The number of hydrogen-bond acceptors (Lipinski definition) is 1. The molecular formula is C10H9BrN2. The number of para-hydroxylation sites is 1. The van der Waals surface area contributed by atoms with Gasteiger partial charge >= 0.3 is 0 Å². The lowest BCUT2D eigenvalue weighted by Gasteiger charge is -1.98. The third-order valence-electron chi connectivity index (χ3n) is 1.80. The first-order chi connectivity index (χ1) is 6.40. The third-order valence-corrected chi connectivity index (χ3v) is 2.38. The van der Waals surface area contributed by atoms with Crippen LogP contribution >= 0.6 is 15.9 Å². The minimum absolute atomic E-state index is 0.798. The van der Waals surface area contributed by atoms with Crippen LogP contribution in [0.3, 0.4) is 0 Å². The van der Waals surface area contributed by atoms with Gasteiger partial charge in [0.25, 0.3) is 0 Å². The van der Waals surface area contributed by atoms with E-state index in [1.165, 1.54) is 0 Å². The Labute approximate surface area is 85.3 Å². The Balaban J connectivity index is 2.36. The molecule has 0 spiro atoms. The molecule has 0 radical (unpaired) electrons. The van der Waals surface area contributed by atoms with Crippen molar-refractivity contribution in [3.05, 3.63) is 48.3 Å². The summed E-state index contributed by atoms with van der Waals surface area (Å²) >= 11 is 3.37. The zero-order valence-corrected chi connectivity index (χ0v) is 8.61. The highest BCUT2D eigenvalue weighted by Gasteiger charge is 1.97. The molecule has 0 atom stereocenters. The average molecular weight is 237 g/mol. The van der Waals surface area contributed by atoms with Crippen LogP contribution in [0.15, 0.2) is 42.6 Å². The highest BCUT2D eigenvalue weighted by atomic mass is 79.9. The summed E-state index contributed by atoms with van der Waals surface area (Å²) in [5, 5.41) is 5.17. The first-order valence-electron chi connectivity index (χ1n) is 4.06. The van der Waals surface area contributed by atoms with Gasteiger partial charge in [0.2, 0.25) is 0 Å². The zero-order chi connectivity index (χ0) is 9.10. The maximum atomic E-state index is 4.37. The molecule has 1 aromatic carbocycles. The fourth-order valence-corrected chi connectivity index (χ4v) is 1.46. The topological polar surface area (TPSA) is 17.8 Å². The second kappa shape index (κ2) is 3.75. The highest BCUT2D eigenvalue weighted by Crippen LogP contribution is 2.08. The Morgan fingerprint density at radius 2 is 1.92 bits per heavy atom. The summed E-state index contributed by atoms with van der Waals surface area (Å²) in [5.74, 6) is 0. The fourth-order valence-electron chi connectivity index (χ4n) is 1.16. The second-order valence-corrected chi connectivity index (χ2v) is 3.28. The molecule has 0 aliphatic heterocycles. The first-order valence-corrected chi connectivity index (χ1v) is 5.18. The molecule has 2 nitrogen and oxygen atoms in total. The van der Waals surface area contributed by atoms with Crippen molar-refractivity contribution in [1.82, 2.24) is 9.78 Å². The summed E-state index contributed by atoms with van der Waals surface area (Å²) in [7, 11) is 0. The lowest BCUT2D eigenvalue weighted by atomic mass is 10.3. The maximum absolute atomic E-state index is 4.37. The predicted octanol–water partition coefficient (Wildman–Crippen LogP) is 2.77. The van der Waals surface area contributed by atoms with Crippen LogP contribution in [-0.2, 0) is 5.33 Å². The van der Waals surface area contributed by atoms with Gasteiger partial charge in [-0.25, -0.2) is 4.68 Å². The summed E-state index contributed by atoms with van der Waals surface area (Å²) in [6.45, 7) is 0. The number of benzene rings is 1. The Bertz CT molecular complexity index is 381. The van der Waals surface area contributed by atoms with Gasteiger partial charge in [-0.15, -0.1) is 0 Å². The number of aromatic nitrogens is 2. The number of alkyl halides is 1. The number of hydrogen-bond donors (Lipinski definition) is 0. The molecule has 0 saturated heterocycles. The monoisotopic (exact) mass is 236 g/mol. The van der Waals surface area contributed by atoms with E-state index >= 15 is 0 Å². The highest BCUT2D eigenvalue weighted by molar-refractivity contribution is 9.08. The van der Waals surface area contributed by atoms with Crippen LogP contribution in [0, 0.1) is 0 Å². The van der Waals surface area contributed by atoms with Crippen LogP contribution in [0.1, 0.15) is 5.69 Å². The van der Waals surface area contributed by atoms with Gasteiger partial charge < -0.3 is 0 Å². The molecule has 0 aliphatic rings. The lowest BCUT2D eigenvalue weighted by molar-refractivity contribution is 0.860. The maximum Gasteiger partial charge on any atom is 0.0734 e. The third kappa shape index (κ3) is 1.80. The largest absolute Gasteiger partial charge is 0.241 e. The van der Waals surface area contributed by atoms with Crippen molar-refractivity contribution < 1.29 is 0 Å². The van der Waals surface area contributed by atoms with Gasteiger partial charge in [0.15, 0.2) is 0 Å². The minimum atomic E-state index is 0.798. The van der Waals surface area contributed by atoms with Gasteiger partial charge in [-0.1, -0.05) is 34.1 Å². The zero-order valence-electron chi connectivity index (χ0n) is 7.02.